The first-order chi connectivity index (χ1) is 6.24. The summed E-state index contributed by atoms with van der Waals surface area (Å²) in [6.45, 7) is 10.3. The van der Waals surface area contributed by atoms with Crippen molar-refractivity contribution in [2.45, 2.75) is 41.0 Å². The molecule has 0 atom stereocenters. The summed E-state index contributed by atoms with van der Waals surface area (Å²) in [5.74, 6) is 0. The smallest absolute Gasteiger partial charge is 0.0904 e. The second kappa shape index (κ2) is 6.84. The highest BCUT2D eigenvalue weighted by Gasteiger charge is 1.98. The summed E-state index contributed by atoms with van der Waals surface area (Å²) in [6, 6.07) is 0. The zero-order valence-electron chi connectivity index (χ0n) is 9.22. The molecule has 0 spiro atoms. The summed E-state index contributed by atoms with van der Waals surface area (Å²) in [7, 11) is 0. The maximum absolute atomic E-state index is 4.38. The molecule has 0 fully saturated rings. The van der Waals surface area contributed by atoms with E-state index in [1.165, 1.54) is 4.88 Å². The standard InChI is InChI=1S/C9H13NS.C2H6/c1-4-5-6-9-7(2)11-8(3)10-9;1-2/h5-6H,4H2,1-3H3;1-2H3/b6-5-;. The van der Waals surface area contributed by atoms with Crippen LogP contribution in [0.5, 0.6) is 0 Å². The van der Waals surface area contributed by atoms with Crippen LogP contribution in [0.3, 0.4) is 0 Å². The van der Waals surface area contributed by atoms with Crippen LogP contribution in [0.4, 0.5) is 0 Å². The van der Waals surface area contributed by atoms with Gasteiger partial charge < -0.3 is 0 Å². The molecule has 2 heteroatoms. The SMILES string of the molecule is CC.CC/C=C\c1nc(C)sc1C. The van der Waals surface area contributed by atoms with Gasteiger partial charge in [0.15, 0.2) is 0 Å². The van der Waals surface area contributed by atoms with Crippen LogP contribution in [0.15, 0.2) is 6.08 Å². The van der Waals surface area contributed by atoms with E-state index in [9.17, 15) is 0 Å². The number of aromatic nitrogens is 1. The van der Waals surface area contributed by atoms with Crippen LogP contribution in [0.2, 0.25) is 0 Å². The van der Waals surface area contributed by atoms with Crippen LogP contribution < -0.4 is 0 Å². The number of rotatable bonds is 2. The lowest BCUT2D eigenvalue weighted by Gasteiger charge is -1.84. The molecule has 0 aromatic carbocycles. The highest BCUT2D eigenvalue weighted by atomic mass is 32.1. The average molecular weight is 197 g/mol. The summed E-state index contributed by atoms with van der Waals surface area (Å²) < 4.78 is 0. The normalized spacial score (nSPS) is 9.92. The van der Waals surface area contributed by atoms with Crippen molar-refractivity contribution in [2.24, 2.45) is 0 Å². The molecular weight excluding hydrogens is 178 g/mol. The van der Waals surface area contributed by atoms with Gasteiger partial charge in [-0.2, -0.15) is 0 Å². The number of nitrogens with zero attached hydrogens (tertiary/aromatic N) is 1. The Hall–Kier alpha value is -0.630. The molecule has 1 heterocycles. The molecule has 0 bridgehead atoms. The van der Waals surface area contributed by atoms with Gasteiger partial charge in [-0.25, -0.2) is 4.98 Å². The Morgan fingerprint density at radius 1 is 1.31 bits per heavy atom. The molecule has 0 N–H and O–H groups in total. The Kier molecular flexibility index (Phi) is 6.51. The van der Waals surface area contributed by atoms with E-state index in [-0.39, 0.29) is 0 Å². The van der Waals surface area contributed by atoms with E-state index >= 15 is 0 Å². The first kappa shape index (κ1) is 12.4. The summed E-state index contributed by atoms with van der Waals surface area (Å²) in [4.78, 5) is 5.69. The van der Waals surface area contributed by atoms with Gasteiger partial charge in [-0.1, -0.05) is 26.8 Å². The van der Waals surface area contributed by atoms with Crippen molar-refractivity contribution in [1.82, 2.24) is 4.98 Å². The Bertz CT molecular complexity index is 261. The number of hydrogen-bond acceptors (Lipinski definition) is 2. The predicted molar refractivity (Wildman–Crippen MR) is 62.3 cm³/mol. The molecule has 0 aliphatic heterocycles. The fourth-order valence-electron chi connectivity index (χ4n) is 0.929. The van der Waals surface area contributed by atoms with E-state index in [2.05, 4.69) is 31.0 Å². The van der Waals surface area contributed by atoms with Crippen molar-refractivity contribution in [3.63, 3.8) is 0 Å². The maximum atomic E-state index is 4.38. The minimum atomic E-state index is 1.08. The van der Waals surface area contributed by atoms with Crippen molar-refractivity contribution in [1.29, 1.82) is 0 Å². The molecule has 13 heavy (non-hydrogen) atoms. The molecule has 0 unspecified atom stereocenters. The summed E-state index contributed by atoms with van der Waals surface area (Å²) in [5, 5.41) is 1.15. The topological polar surface area (TPSA) is 12.9 Å². The van der Waals surface area contributed by atoms with Gasteiger partial charge in [0.2, 0.25) is 0 Å². The molecule has 1 rings (SSSR count). The Morgan fingerprint density at radius 3 is 2.31 bits per heavy atom. The molecule has 0 aliphatic carbocycles. The number of hydrogen-bond donors (Lipinski definition) is 0. The highest BCUT2D eigenvalue weighted by Crippen LogP contribution is 2.17. The van der Waals surface area contributed by atoms with Crippen molar-refractivity contribution in [2.75, 3.05) is 0 Å². The van der Waals surface area contributed by atoms with Gasteiger partial charge in [0.05, 0.1) is 10.7 Å². The molecule has 0 saturated heterocycles. The van der Waals surface area contributed by atoms with E-state index < -0.39 is 0 Å². The first-order valence-electron chi connectivity index (χ1n) is 4.84. The quantitative estimate of drug-likeness (QED) is 0.692. The van der Waals surface area contributed by atoms with Gasteiger partial charge in [0.1, 0.15) is 0 Å². The van der Waals surface area contributed by atoms with Gasteiger partial charge in [-0.3, -0.25) is 0 Å². The van der Waals surface area contributed by atoms with E-state index in [1.54, 1.807) is 11.3 Å². The van der Waals surface area contributed by atoms with E-state index in [1.807, 2.05) is 20.8 Å². The monoisotopic (exact) mass is 197 g/mol. The number of allylic oxidation sites excluding steroid dienone is 1. The second-order valence-electron chi connectivity index (χ2n) is 2.48. The van der Waals surface area contributed by atoms with Gasteiger partial charge in [0.25, 0.3) is 0 Å². The average Bonchev–Trinajstić information content (AvgIpc) is 2.45. The van der Waals surface area contributed by atoms with E-state index in [4.69, 9.17) is 0 Å². The van der Waals surface area contributed by atoms with E-state index in [0.717, 1.165) is 17.1 Å². The van der Waals surface area contributed by atoms with Crippen LogP contribution in [-0.2, 0) is 0 Å². The van der Waals surface area contributed by atoms with Crippen molar-refractivity contribution in [3.8, 4) is 0 Å². The minimum absolute atomic E-state index is 1.08. The molecule has 0 saturated carbocycles. The third kappa shape index (κ3) is 4.23. The lowest BCUT2D eigenvalue weighted by atomic mass is 10.3. The Labute approximate surface area is 85.5 Å². The lowest BCUT2D eigenvalue weighted by Crippen LogP contribution is -1.74. The summed E-state index contributed by atoms with van der Waals surface area (Å²) in [5.41, 5.74) is 1.13. The number of thiazole rings is 1. The molecule has 74 valence electrons. The predicted octanol–water partition coefficient (Wildman–Crippen LogP) is 4.21. The van der Waals surface area contributed by atoms with Crippen molar-refractivity contribution >= 4 is 17.4 Å². The molecule has 1 aromatic rings. The summed E-state index contributed by atoms with van der Waals surface area (Å²) in [6.07, 6.45) is 5.32. The molecule has 1 nitrogen and oxygen atoms in total. The van der Waals surface area contributed by atoms with Crippen molar-refractivity contribution in [3.05, 3.63) is 21.7 Å². The fourth-order valence-corrected chi connectivity index (χ4v) is 1.73. The molecule has 0 aliphatic rings. The first-order valence-corrected chi connectivity index (χ1v) is 5.66. The van der Waals surface area contributed by atoms with Crippen LogP contribution >= 0.6 is 11.3 Å². The largest absolute Gasteiger partial charge is 0.242 e. The number of aryl methyl sites for hydroxylation is 2. The Balaban J connectivity index is 0.000000671. The maximum Gasteiger partial charge on any atom is 0.0904 e. The molecule has 0 radical (unpaired) electrons. The van der Waals surface area contributed by atoms with Gasteiger partial charge in [-0.15, -0.1) is 11.3 Å². The van der Waals surface area contributed by atoms with Crippen LogP contribution in [-0.4, -0.2) is 4.98 Å². The second-order valence-corrected chi connectivity index (χ2v) is 3.89. The minimum Gasteiger partial charge on any atom is -0.242 e. The van der Waals surface area contributed by atoms with Gasteiger partial charge >= 0.3 is 0 Å². The van der Waals surface area contributed by atoms with E-state index in [0.29, 0.717) is 0 Å². The highest BCUT2D eigenvalue weighted by molar-refractivity contribution is 7.11. The van der Waals surface area contributed by atoms with Gasteiger partial charge in [0, 0.05) is 4.88 Å². The van der Waals surface area contributed by atoms with Crippen LogP contribution in [0.1, 0.15) is 42.8 Å². The molecular formula is C11H19NS. The Morgan fingerprint density at radius 2 is 1.92 bits per heavy atom. The third-order valence-electron chi connectivity index (χ3n) is 1.45. The van der Waals surface area contributed by atoms with Gasteiger partial charge in [-0.05, 0) is 26.3 Å². The third-order valence-corrected chi connectivity index (χ3v) is 2.35. The fraction of sp³-hybridized carbons (Fsp3) is 0.545. The zero-order valence-corrected chi connectivity index (χ0v) is 10.0. The van der Waals surface area contributed by atoms with Crippen molar-refractivity contribution < 1.29 is 0 Å². The van der Waals surface area contributed by atoms with Crippen LogP contribution in [0, 0.1) is 13.8 Å². The molecule has 0 amide bonds. The molecule has 1 aromatic heterocycles. The zero-order chi connectivity index (χ0) is 10.3. The summed E-state index contributed by atoms with van der Waals surface area (Å²) >= 11 is 1.76. The lowest BCUT2D eigenvalue weighted by molar-refractivity contribution is 1.22. The van der Waals surface area contributed by atoms with Crippen LogP contribution in [0.25, 0.3) is 6.08 Å².